The number of pyridine rings is 1. The van der Waals surface area contributed by atoms with E-state index in [9.17, 15) is 4.79 Å². The lowest BCUT2D eigenvalue weighted by atomic mass is 10.1. The van der Waals surface area contributed by atoms with Gasteiger partial charge < -0.3 is 4.57 Å². The van der Waals surface area contributed by atoms with Crippen LogP contribution in [0.15, 0.2) is 47.2 Å². The lowest BCUT2D eigenvalue weighted by molar-refractivity contribution is 0.0989. The summed E-state index contributed by atoms with van der Waals surface area (Å²) in [5.74, 6) is 0.817. The topological polar surface area (TPSA) is 47.8 Å². The zero-order chi connectivity index (χ0) is 14.8. The number of para-hydroxylation sites is 2. The first-order valence-electron chi connectivity index (χ1n) is 6.77. The molecule has 0 atom stereocenters. The maximum Gasteiger partial charge on any atom is 0.171 e. The zero-order valence-corrected chi connectivity index (χ0v) is 13.2. The molecule has 0 aliphatic carbocycles. The Morgan fingerprint density at radius 2 is 2.10 bits per heavy atom. The van der Waals surface area contributed by atoms with Crippen molar-refractivity contribution in [2.75, 3.05) is 0 Å². The van der Waals surface area contributed by atoms with Crippen molar-refractivity contribution in [3.05, 3.63) is 58.6 Å². The summed E-state index contributed by atoms with van der Waals surface area (Å²) in [6.07, 6.45) is 3.53. The van der Waals surface area contributed by atoms with Crippen molar-refractivity contribution in [3.63, 3.8) is 0 Å². The van der Waals surface area contributed by atoms with Crippen molar-refractivity contribution in [1.82, 2.24) is 14.5 Å². The summed E-state index contributed by atoms with van der Waals surface area (Å²) in [6.45, 7) is 2.85. The first-order valence-corrected chi connectivity index (χ1v) is 7.56. The van der Waals surface area contributed by atoms with Crippen molar-refractivity contribution in [3.8, 4) is 0 Å². The predicted octanol–water partition coefficient (Wildman–Crippen LogP) is 3.64. The number of carbonyl (C=O) groups is 1. The average Bonchev–Trinajstić information content (AvgIpc) is 2.84. The standard InChI is InChI=1S/C16H14BrN3O/c1-2-20-14-6-4-3-5-13(14)19-16(20)8-15(21)11-7-12(17)10-18-9-11/h3-7,9-10H,2,8H2,1H3. The molecule has 3 aromatic rings. The second-order valence-electron chi connectivity index (χ2n) is 4.75. The van der Waals surface area contributed by atoms with Crippen LogP contribution in [0.3, 0.4) is 0 Å². The number of hydrogen-bond donors (Lipinski definition) is 0. The van der Waals surface area contributed by atoms with Gasteiger partial charge in [0.15, 0.2) is 5.78 Å². The first kappa shape index (κ1) is 13.9. The second kappa shape index (κ2) is 5.77. The highest BCUT2D eigenvalue weighted by atomic mass is 79.9. The van der Waals surface area contributed by atoms with Crippen molar-refractivity contribution in [2.24, 2.45) is 0 Å². The molecule has 0 amide bonds. The minimum absolute atomic E-state index is 0.0220. The van der Waals surface area contributed by atoms with Crippen LogP contribution >= 0.6 is 15.9 Å². The highest BCUT2D eigenvalue weighted by molar-refractivity contribution is 9.10. The molecule has 2 heterocycles. The third kappa shape index (κ3) is 2.74. The Balaban J connectivity index is 1.96. The van der Waals surface area contributed by atoms with Gasteiger partial charge in [-0.1, -0.05) is 12.1 Å². The van der Waals surface area contributed by atoms with Crippen LogP contribution in [0.2, 0.25) is 0 Å². The van der Waals surface area contributed by atoms with Crippen LogP contribution in [-0.4, -0.2) is 20.3 Å². The predicted molar refractivity (Wildman–Crippen MR) is 85.4 cm³/mol. The van der Waals surface area contributed by atoms with Crippen molar-refractivity contribution < 1.29 is 4.79 Å². The Hall–Kier alpha value is -2.01. The smallest absolute Gasteiger partial charge is 0.171 e. The molecular formula is C16H14BrN3O. The maximum absolute atomic E-state index is 12.4. The van der Waals surface area contributed by atoms with E-state index in [-0.39, 0.29) is 12.2 Å². The Morgan fingerprint density at radius 3 is 2.86 bits per heavy atom. The molecule has 3 rings (SSSR count). The van der Waals surface area contributed by atoms with Crippen LogP contribution in [0.5, 0.6) is 0 Å². The number of halogens is 1. The van der Waals surface area contributed by atoms with Gasteiger partial charge in [-0.25, -0.2) is 4.98 Å². The van der Waals surface area contributed by atoms with Gasteiger partial charge in [0, 0.05) is 29.0 Å². The molecule has 0 bridgehead atoms. The number of carbonyl (C=O) groups excluding carboxylic acids is 1. The number of aromatic nitrogens is 3. The average molecular weight is 344 g/mol. The normalized spacial score (nSPS) is 11.0. The van der Waals surface area contributed by atoms with E-state index in [1.807, 2.05) is 24.3 Å². The largest absolute Gasteiger partial charge is 0.328 e. The summed E-state index contributed by atoms with van der Waals surface area (Å²) in [4.78, 5) is 21.0. The summed E-state index contributed by atoms with van der Waals surface area (Å²) in [5, 5.41) is 0. The van der Waals surface area contributed by atoms with Gasteiger partial charge in [0.1, 0.15) is 5.82 Å². The van der Waals surface area contributed by atoms with Gasteiger partial charge in [0.05, 0.1) is 17.5 Å². The number of Topliss-reactive ketones (excluding diaryl/α,β-unsaturated/α-hetero) is 1. The van der Waals surface area contributed by atoms with E-state index < -0.39 is 0 Å². The monoisotopic (exact) mass is 343 g/mol. The van der Waals surface area contributed by atoms with E-state index in [1.165, 1.54) is 0 Å². The fraction of sp³-hybridized carbons (Fsp3) is 0.188. The van der Waals surface area contributed by atoms with E-state index in [0.717, 1.165) is 27.9 Å². The third-order valence-corrected chi connectivity index (χ3v) is 3.83. The zero-order valence-electron chi connectivity index (χ0n) is 11.6. The molecule has 0 unspecified atom stereocenters. The Morgan fingerprint density at radius 1 is 1.29 bits per heavy atom. The molecule has 5 heteroatoms. The van der Waals surface area contributed by atoms with Gasteiger partial charge in [-0.15, -0.1) is 0 Å². The molecule has 1 aromatic carbocycles. The van der Waals surface area contributed by atoms with E-state index in [4.69, 9.17) is 0 Å². The summed E-state index contributed by atoms with van der Waals surface area (Å²) < 4.78 is 2.89. The van der Waals surface area contributed by atoms with E-state index in [1.54, 1.807) is 18.5 Å². The van der Waals surface area contributed by atoms with E-state index in [2.05, 4.69) is 37.4 Å². The molecule has 106 valence electrons. The van der Waals surface area contributed by atoms with Crippen LogP contribution in [0, 0.1) is 0 Å². The number of rotatable bonds is 4. The molecule has 0 aliphatic heterocycles. The molecule has 21 heavy (non-hydrogen) atoms. The number of nitrogens with zero attached hydrogens (tertiary/aromatic N) is 3. The molecule has 0 N–H and O–H groups in total. The summed E-state index contributed by atoms with van der Waals surface area (Å²) in [7, 11) is 0. The molecular weight excluding hydrogens is 330 g/mol. The molecule has 0 radical (unpaired) electrons. The summed E-state index contributed by atoms with van der Waals surface area (Å²) in [5.41, 5.74) is 2.59. The minimum Gasteiger partial charge on any atom is -0.328 e. The lowest BCUT2D eigenvalue weighted by Crippen LogP contribution is -2.10. The fourth-order valence-electron chi connectivity index (χ4n) is 2.42. The highest BCUT2D eigenvalue weighted by Gasteiger charge is 2.14. The highest BCUT2D eigenvalue weighted by Crippen LogP contribution is 2.18. The van der Waals surface area contributed by atoms with Crippen LogP contribution in [-0.2, 0) is 13.0 Å². The van der Waals surface area contributed by atoms with Crippen LogP contribution in [0.1, 0.15) is 23.1 Å². The molecule has 0 aliphatic rings. The summed E-state index contributed by atoms with van der Waals surface area (Å²) >= 11 is 3.34. The molecule has 0 fully saturated rings. The van der Waals surface area contributed by atoms with Crippen molar-refractivity contribution in [2.45, 2.75) is 19.9 Å². The van der Waals surface area contributed by atoms with E-state index in [0.29, 0.717) is 5.56 Å². The number of fused-ring (bicyclic) bond motifs is 1. The number of hydrogen-bond acceptors (Lipinski definition) is 3. The Kier molecular flexibility index (Phi) is 3.84. The fourth-order valence-corrected chi connectivity index (χ4v) is 2.79. The van der Waals surface area contributed by atoms with Gasteiger partial charge in [0.25, 0.3) is 0 Å². The molecule has 4 nitrogen and oxygen atoms in total. The molecule has 2 aromatic heterocycles. The quantitative estimate of drug-likeness (QED) is 0.679. The Bertz CT molecular complexity index is 810. The number of benzene rings is 1. The minimum atomic E-state index is 0.0220. The molecule has 0 saturated heterocycles. The Labute approximate surface area is 131 Å². The SMILES string of the molecule is CCn1c(CC(=O)c2cncc(Br)c2)nc2ccccc21. The van der Waals surface area contributed by atoms with Crippen LogP contribution < -0.4 is 0 Å². The maximum atomic E-state index is 12.4. The second-order valence-corrected chi connectivity index (χ2v) is 5.67. The van der Waals surface area contributed by atoms with Crippen LogP contribution in [0.4, 0.5) is 0 Å². The van der Waals surface area contributed by atoms with Crippen LogP contribution in [0.25, 0.3) is 11.0 Å². The third-order valence-electron chi connectivity index (χ3n) is 3.40. The first-order chi connectivity index (χ1) is 10.2. The number of ketones is 1. The lowest BCUT2D eigenvalue weighted by Gasteiger charge is -2.05. The van der Waals surface area contributed by atoms with Gasteiger partial charge in [0.2, 0.25) is 0 Å². The van der Waals surface area contributed by atoms with Gasteiger partial charge >= 0.3 is 0 Å². The molecule has 0 saturated carbocycles. The summed E-state index contributed by atoms with van der Waals surface area (Å²) in [6, 6.07) is 9.73. The van der Waals surface area contributed by atoms with Crippen molar-refractivity contribution in [1.29, 1.82) is 0 Å². The number of imidazole rings is 1. The number of aryl methyl sites for hydroxylation is 1. The van der Waals surface area contributed by atoms with Gasteiger partial charge in [-0.3, -0.25) is 9.78 Å². The van der Waals surface area contributed by atoms with E-state index >= 15 is 0 Å². The van der Waals surface area contributed by atoms with Crippen molar-refractivity contribution >= 4 is 32.7 Å². The van der Waals surface area contributed by atoms with Gasteiger partial charge in [-0.05, 0) is 41.1 Å². The van der Waals surface area contributed by atoms with Gasteiger partial charge in [-0.2, -0.15) is 0 Å². The molecule has 0 spiro atoms.